The van der Waals surface area contributed by atoms with Crippen LogP contribution in [0.25, 0.3) is 10.9 Å². The van der Waals surface area contributed by atoms with Gasteiger partial charge in [-0.15, -0.1) is 5.53 Å². The molecule has 1 atom stereocenters. The predicted molar refractivity (Wildman–Crippen MR) is 169 cm³/mol. The fourth-order valence-corrected chi connectivity index (χ4v) is 5.42. The second kappa shape index (κ2) is 13.3. The molecule has 0 unspecified atom stereocenters. The molecule has 1 saturated heterocycles. The third kappa shape index (κ3) is 6.53. The van der Waals surface area contributed by atoms with Crippen LogP contribution in [0.15, 0.2) is 84.9 Å². The average Bonchev–Trinajstić information content (AvgIpc) is 3.49. The Kier molecular flexibility index (Phi) is 9.30. The summed E-state index contributed by atoms with van der Waals surface area (Å²) in [7, 11) is 0. The summed E-state index contributed by atoms with van der Waals surface area (Å²) < 4.78 is 13.8. The molecular formula is C31H31Cl2FN8. The number of piperidine rings is 1. The van der Waals surface area contributed by atoms with Gasteiger partial charge in [-0.25, -0.2) is 4.39 Å². The van der Waals surface area contributed by atoms with E-state index in [1.165, 1.54) is 18.3 Å². The molecule has 2 aliphatic rings. The molecule has 0 radical (unpaired) electrons. The second-order valence-electron chi connectivity index (χ2n) is 10.0. The van der Waals surface area contributed by atoms with Gasteiger partial charge in [0.25, 0.3) is 0 Å². The molecule has 0 bridgehead atoms. The van der Waals surface area contributed by atoms with Gasteiger partial charge in [-0.2, -0.15) is 5.26 Å². The number of anilines is 3. The first-order valence-corrected chi connectivity index (χ1v) is 14.3. The van der Waals surface area contributed by atoms with Gasteiger partial charge in [-0.05, 0) is 68.8 Å². The zero-order valence-corrected chi connectivity index (χ0v) is 24.5. The molecule has 0 amide bonds. The highest BCUT2D eigenvalue weighted by Gasteiger charge is 2.27. The molecule has 3 aromatic rings. The number of nitrogens with one attached hydrogen (secondary N) is 5. The predicted octanol–water partition coefficient (Wildman–Crippen LogP) is 6.68. The van der Waals surface area contributed by atoms with Crippen molar-refractivity contribution in [1.29, 1.82) is 5.26 Å². The Balaban J connectivity index is 1.52. The molecule has 42 heavy (non-hydrogen) atoms. The van der Waals surface area contributed by atoms with Gasteiger partial charge in [0.05, 0.1) is 38.6 Å². The zero-order valence-electron chi connectivity index (χ0n) is 23.0. The molecule has 1 aromatic heterocycles. The molecule has 8 nitrogen and oxygen atoms in total. The molecule has 216 valence electrons. The maximum absolute atomic E-state index is 13.8. The van der Waals surface area contributed by atoms with Gasteiger partial charge < -0.3 is 21.4 Å². The monoisotopic (exact) mass is 604 g/mol. The van der Waals surface area contributed by atoms with Crippen molar-refractivity contribution in [3.8, 4) is 6.07 Å². The molecule has 0 aliphatic carbocycles. The van der Waals surface area contributed by atoms with Crippen LogP contribution in [0.2, 0.25) is 10.0 Å². The summed E-state index contributed by atoms with van der Waals surface area (Å²) in [6, 6.07) is 10.2. The number of allylic oxidation sites excluding steroid dienone is 3. The van der Waals surface area contributed by atoms with E-state index in [-0.39, 0.29) is 11.1 Å². The summed E-state index contributed by atoms with van der Waals surface area (Å²) in [4.78, 5) is 4.44. The SMILES string of the molecule is C=C(/C=C\C=C/C)[C@H](Nc1cc(Cl)c2ncc(C#N)c(Nc3ccc(F)c(Cl)c3)c2c1)C1=CN(C2CCNCC2)NN1. The van der Waals surface area contributed by atoms with Crippen molar-refractivity contribution in [2.24, 2.45) is 0 Å². The van der Waals surface area contributed by atoms with E-state index in [4.69, 9.17) is 23.2 Å². The largest absolute Gasteiger partial charge is 0.373 e. The van der Waals surface area contributed by atoms with E-state index < -0.39 is 5.82 Å². The van der Waals surface area contributed by atoms with E-state index in [1.807, 2.05) is 37.3 Å². The maximum Gasteiger partial charge on any atom is 0.141 e. The molecule has 5 rings (SSSR count). The summed E-state index contributed by atoms with van der Waals surface area (Å²) in [6.45, 7) is 8.24. The van der Waals surface area contributed by atoms with Crippen molar-refractivity contribution in [2.45, 2.75) is 31.8 Å². The Labute approximate surface area is 254 Å². The van der Waals surface area contributed by atoms with Crippen LogP contribution in [0.5, 0.6) is 0 Å². The van der Waals surface area contributed by atoms with Crippen LogP contribution in [0, 0.1) is 17.1 Å². The molecule has 2 aromatic carbocycles. The number of hydrazine groups is 2. The minimum atomic E-state index is -0.533. The highest BCUT2D eigenvalue weighted by Crippen LogP contribution is 2.36. The van der Waals surface area contributed by atoms with Gasteiger partial charge >= 0.3 is 0 Å². The lowest BCUT2D eigenvalue weighted by Gasteiger charge is -2.30. The first-order chi connectivity index (χ1) is 20.4. The van der Waals surface area contributed by atoms with Crippen LogP contribution in [0.3, 0.4) is 0 Å². The Hall–Kier alpha value is -4.07. The van der Waals surface area contributed by atoms with Crippen LogP contribution in [-0.2, 0) is 0 Å². The molecule has 11 heteroatoms. The van der Waals surface area contributed by atoms with E-state index in [1.54, 1.807) is 12.1 Å². The Morgan fingerprint density at radius 3 is 2.71 bits per heavy atom. The van der Waals surface area contributed by atoms with Gasteiger partial charge in [0.15, 0.2) is 0 Å². The van der Waals surface area contributed by atoms with Crippen molar-refractivity contribution in [3.05, 3.63) is 106 Å². The number of rotatable bonds is 9. The standard InChI is InChI=1S/C31H31Cl2FN8/c1-3-4-5-6-19(2)29(28-18-42(41-40-28)23-9-11-36-12-10-23)39-22-13-24-30(38-21-7-8-27(34)25(32)14-21)20(16-35)17-37-31(24)26(33)15-22/h3-8,13-15,17-18,23,29,36,39-41H,2,9-12H2,1H3,(H,37,38)/b4-3-,6-5-/t29-/m0/s1. The van der Waals surface area contributed by atoms with E-state index >= 15 is 0 Å². The summed E-state index contributed by atoms with van der Waals surface area (Å²) in [5, 5.41) is 23.1. The van der Waals surface area contributed by atoms with E-state index in [0.29, 0.717) is 44.6 Å². The van der Waals surface area contributed by atoms with Gasteiger partial charge in [0.1, 0.15) is 11.9 Å². The molecule has 5 N–H and O–H groups in total. The minimum absolute atomic E-state index is 0.0333. The topological polar surface area (TPSA) is 100 Å². The highest BCUT2D eigenvalue weighted by molar-refractivity contribution is 6.36. The molecule has 0 spiro atoms. The molecule has 0 saturated carbocycles. The highest BCUT2D eigenvalue weighted by atomic mass is 35.5. The summed E-state index contributed by atoms with van der Waals surface area (Å²) >= 11 is 12.8. The fraction of sp³-hybridized carbons (Fsp3) is 0.226. The van der Waals surface area contributed by atoms with Gasteiger partial charge in [0.2, 0.25) is 0 Å². The first-order valence-electron chi connectivity index (χ1n) is 13.6. The Bertz CT molecular complexity index is 1620. The molecular weight excluding hydrogens is 574 g/mol. The van der Waals surface area contributed by atoms with E-state index in [2.05, 4.69) is 55.8 Å². The summed E-state index contributed by atoms with van der Waals surface area (Å²) in [5.74, 6) is -0.533. The minimum Gasteiger partial charge on any atom is -0.373 e. The van der Waals surface area contributed by atoms with Crippen molar-refractivity contribution in [2.75, 3.05) is 23.7 Å². The lowest BCUT2D eigenvalue weighted by Crippen LogP contribution is -2.48. The van der Waals surface area contributed by atoms with E-state index in [0.717, 1.165) is 37.2 Å². The summed E-state index contributed by atoms with van der Waals surface area (Å²) in [6.07, 6.45) is 13.4. The van der Waals surface area contributed by atoms with Crippen molar-refractivity contribution in [3.63, 3.8) is 0 Å². The van der Waals surface area contributed by atoms with Crippen LogP contribution < -0.4 is 26.9 Å². The Morgan fingerprint density at radius 2 is 1.98 bits per heavy atom. The number of fused-ring (bicyclic) bond motifs is 1. The fourth-order valence-electron chi connectivity index (χ4n) is 4.98. The maximum atomic E-state index is 13.8. The Morgan fingerprint density at radius 1 is 1.19 bits per heavy atom. The van der Waals surface area contributed by atoms with Crippen molar-refractivity contribution < 1.29 is 4.39 Å². The van der Waals surface area contributed by atoms with Crippen molar-refractivity contribution >= 4 is 51.2 Å². The number of hydrogen-bond donors (Lipinski definition) is 5. The molecule has 2 aliphatic heterocycles. The second-order valence-corrected chi connectivity index (χ2v) is 10.8. The quantitative estimate of drug-likeness (QED) is 0.172. The van der Waals surface area contributed by atoms with Crippen LogP contribution in [0.1, 0.15) is 25.3 Å². The number of benzene rings is 2. The average molecular weight is 606 g/mol. The summed E-state index contributed by atoms with van der Waals surface area (Å²) in [5.41, 5.74) is 10.8. The third-order valence-electron chi connectivity index (χ3n) is 7.15. The lowest BCUT2D eigenvalue weighted by molar-refractivity contribution is 0.162. The van der Waals surface area contributed by atoms with Gasteiger partial charge in [-0.3, -0.25) is 9.99 Å². The number of halogens is 3. The van der Waals surface area contributed by atoms with Gasteiger partial charge in [-0.1, -0.05) is 54.1 Å². The van der Waals surface area contributed by atoms with Crippen LogP contribution >= 0.6 is 23.2 Å². The van der Waals surface area contributed by atoms with Gasteiger partial charge in [0, 0.05) is 35.2 Å². The number of aromatic nitrogens is 1. The third-order valence-corrected chi connectivity index (χ3v) is 7.73. The first kappa shape index (κ1) is 29.4. The van der Waals surface area contributed by atoms with Crippen LogP contribution in [-0.4, -0.2) is 35.2 Å². The molecule has 3 heterocycles. The number of nitrogens with zero attached hydrogens (tertiary/aromatic N) is 3. The number of nitriles is 1. The normalized spacial score (nSPS) is 16.5. The number of pyridine rings is 1. The zero-order chi connectivity index (χ0) is 29.6. The van der Waals surface area contributed by atoms with Crippen LogP contribution in [0.4, 0.5) is 21.5 Å². The van der Waals surface area contributed by atoms with Crippen molar-refractivity contribution in [1.82, 2.24) is 26.3 Å². The van der Waals surface area contributed by atoms with E-state index in [9.17, 15) is 9.65 Å². The molecule has 1 fully saturated rings. The number of hydrogen-bond acceptors (Lipinski definition) is 8. The lowest BCUT2D eigenvalue weighted by atomic mass is 10.0. The smallest absolute Gasteiger partial charge is 0.141 e.